The number of carbonyl (C=O) groups is 2. The molecule has 3 N–H and O–H groups in total. The van der Waals surface area contributed by atoms with Gasteiger partial charge in [-0.25, -0.2) is 4.79 Å². The second kappa shape index (κ2) is 6.03. The van der Waals surface area contributed by atoms with Gasteiger partial charge in [-0.2, -0.15) is 0 Å². The lowest BCUT2D eigenvalue weighted by Crippen LogP contribution is -2.15. The molecule has 5 nitrogen and oxygen atoms in total. The molecular formula is C14H9Cl2NO4. The highest BCUT2D eigenvalue weighted by Crippen LogP contribution is 2.25. The van der Waals surface area contributed by atoms with Crippen LogP contribution in [0.5, 0.6) is 5.75 Å². The van der Waals surface area contributed by atoms with E-state index in [0.717, 1.165) is 0 Å². The van der Waals surface area contributed by atoms with E-state index in [4.69, 9.17) is 28.3 Å². The van der Waals surface area contributed by atoms with Crippen molar-refractivity contribution in [2.75, 3.05) is 5.32 Å². The first kappa shape index (κ1) is 15.2. The molecule has 0 aliphatic heterocycles. The molecule has 7 heteroatoms. The number of hydrogen-bond acceptors (Lipinski definition) is 3. The van der Waals surface area contributed by atoms with E-state index in [-0.39, 0.29) is 32.6 Å². The summed E-state index contributed by atoms with van der Waals surface area (Å²) in [4.78, 5) is 23.2. The van der Waals surface area contributed by atoms with Crippen LogP contribution in [0.15, 0.2) is 36.4 Å². The zero-order valence-electron chi connectivity index (χ0n) is 10.4. The molecule has 0 atom stereocenters. The molecule has 0 aliphatic carbocycles. The lowest BCUT2D eigenvalue weighted by atomic mass is 10.1. The van der Waals surface area contributed by atoms with Crippen molar-refractivity contribution in [1.29, 1.82) is 0 Å². The maximum absolute atomic E-state index is 12.1. The van der Waals surface area contributed by atoms with Gasteiger partial charge in [-0.3, -0.25) is 4.79 Å². The number of benzene rings is 2. The number of aromatic hydroxyl groups is 1. The Kier molecular flexibility index (Phi) is 4.35. The van der Waals surface area contributed by atoms with Crippen LogP contribution < -0.4 is 5.32 Å². The Morgan fingerprint density at radius 1 is 0.952 bits per heavy atom. The third-order valence-corrected chi connectivity index (χ3v) is 3.13. The zero-order chi connectivity index (χ0) is 15.6. The van der Waals surface area contributed by atoms with E-state index in [0.29, 0.717) is 0 Å². The van der Waals surface area contributed by atoms with E-state index in [9.17, 15) is 14.7 Å². The van der Waals surface area contributed by atoms with Crippen molar-refractivity contribution < 1.29 is 19.8 Å². The first-order valence-electron chi connectivity index (χ1n) is 5.71. The van der Waals surface area contributed by atoms with Crippen molar-refractivity contribution in [3.8, 4) is 5.75 Å². The Hall–Kier alpha value is -2.24. The van der Waals surface area contributed by atoms with Crippen molar-refractivity contribution >= 4 is 40.8 Å². The molecule has 2 aromatic rings. The highest BCUT2D eigenvalue weighted by molar-refractivity contribution is 6.31. The fourth-order valence-corrected chi connectivity index (χ4v) is 2.03. The second-order valence-corrected chi connectivity index (χ2v) is 4.98. The predicted octanol–water partition coefficient (Wildman–Crippen LogP) is 3.65. The maximum atomic E-state index is 12.1. The van der Waals surface area contributed by atoms with Crippen molar-refractivity contribution in [2.45, 2.75) is 0 Å². The summed E-state index contributed by atoms with van der Waals surface area (Å²) in [6.07, 6.45) is 0. The van der Waals surface area contributed by atoms with Gasteiger partial charge in [0.2, 0.25) is 0 Å². The second-order valence-electron chi connectivity index (χ2n) is 4.11. The predicted molar refractivity (Wildman–Crippen MR) is 79.5 cm³/mol. The Morgan fingerprint density at radius 3 is 2.24 bits per heavy atom. The van der Waals surface area contributed by atoms with Crippen LogP contribution in [0.3, 0.4) is 0 Å². The van der Waals surface area contributed by atoms with Crippen LogP contribution in [0, 0.1) is 0 Å². The largest absolute Gasteiger partial charge is 0.507 e. The van der Waals surface area contributed by atoms with E-state index in [1.807, 2.05) is 0 Å². The Bertz CT molecular complexity index is 731. The van der Waals surface area contributed by atoms with Gasteiger partial charge >= 0.3 is 5.97 Å². The average molecular weight is 326 g/mol. The van der Waals surface area contributed by atoms with Crippen LogP contribution in [0.25, 0.3) is 0 Å². The van der Waals surface area contributed by atoms with Gasteiger partial charge in [0, 0.05) is 10.0 Å². The summed E-state index contributed by atoms with van der Waals surface area (Å²) in [6.45, 7) is 0. The quantitative estimate of drug-likeness (QED) is 0.803. The molecule has 0 aliphatic rings. The Balaban J connectivity index is 2.38. The van der Waals surface area contributed by atoms with Gasteiger partial charge in [0.05, 0.1) is 16.8 Å². The Labute approximate surface area is 129 Å². The molecule has 2 rings (SSSR count). The van der Waals surface area contributed by atoms with E-state index in [1.54, 1.807) is 0 Å². The van der Waals surface area contributed by atoms with Gasteiger partial charge in [-0.15, -0.1) is 0 Å². The summed E-state index contributed by atoms with van der Waals surface area (Å²) in [5.41, 5.74) is -0.160. The summed E-state index contributed by atoms with van der Waals surface area (Å²) in [5, 5.41) is 21.7. The molecule has 0 spiro atoms. The van der Waals surface area contributed by atoms with E-state index in [1.165, 1.54) is 36.4 Å². The first-order chi connectivity index (χ1) is 9.88. The van der Waals surface area contributed by atoms with E-state index < -0.39 is 11.9 Å². The minimum absolute atomic E-state index is 0.0272. The summed E-state index contributed by atoms with van der Waals surface area (Å²) in [6, 6.07) is 7.96. The fraction of sp³-hybridized carbons (Fsp3) is 0. The van der Waals surface area contributed by atoms with Gasteiger partial charge in [-0.05, 0) is 36.4 Å². The van der Waals surface area contributed by atoms with Crippen LogP contribution in [-0.2, 0) is 0 Å². The zero-order valence-corrected chi connectivity index (χ0v) is 11.9. The minimum Gasteiger partial charge on any atom is -0.507 e. The average Bonchev–Trinajstić information content (AvgIpc) is 2.41. The molecule has 0 unspecified atom stereocenters. The normalized spacial score (nSPS) is 10.2. The van der Waals surface area contributed by atoms with Gasteiger partial charge < -0.3 is 15.5 Å². The number of nitrogens with one attached hydrogen (secondary N) is 1. The van der Waals surface area contributed by atoms with Crippen molar-refractivity contribution in [2.24, 2.45) is 0 Å². The molecule has 21 heavy (non-hydrogen) atoms. The number of carboxylic acids is 1. The molecule has 0 fully saturated rings. The lowest BCUT2D eigenvalue weighted by molar-refractivity contribution is 0.0698. The molecular weight excluding hydrogens is 317 g/mol. The molecule has 0 saturated carbocycles. The topological polar surface area (TPSA) is 86.6 Å². The highest BCUT2D eigenvalue weighted by atomic mass is 35.5. The van der Waals surface area contributed by atoms with Crippen molar-refractivity contribution in [3.05, 3.63) is 57.6 Å². The molecule has 0 bridgehead atoms. The minimum atomic E-state index is -1.21. The maximum Gasteiger partial charge on any atom is 0.337 e. The Morgan fingerprint density at radius 2 is 1.57 bits per heavy atom. The molecule has 0 radical (unpaired) electrons. The standard InChI is InChI=1S/C14H9Cl2NO4/c15-7-2-4-12(18)10(5-7)13(19)17-11-6-8(16)1-3-9(11)14(20)21/h1-6,18H,(H,17,19)(H,20,21). The summed E-state index contributed by atoms with van der Waals surface area (Å²) < 4.78 is 0. The van der Waals surface area contributed by atoms with Crippen molar-refractivity contribution in [3.63, 3.8) is 0 Å². The van der Waals surface area contributed by atoms with Gasteiger partial charge in [0.25, 0.3) is 5.91 Å². The summed E-state index contributed by atoms with van der Waals surface area (Å²) in [7, 11) is 0. The number of rotatable bonds is 3. The van der Waals surface area contributed by atoms with E-state index >= 15 is 0 Å². The first-order valence-corrected chi connectivity index (χ1v) is 6.47. The number of hydrogen-bond donors (Lipinski definition) is 3. The number of amides is 1. The van der Waals surface area contributed by atoms with E-state index in [2.05, 4.69) is 5.32 Å². The molecule has 0 heterocycles. The number of carbonyl (C=O) groups excluding carboxylic acids is 1. The summed E-state index contributed by atoms with van der Waals surface area (Å²) >= 11 is 11.6. The molecule has 108 valence electrons. The smallest absolute Gasteiger partial charge is 0.337 e. The molecule has 0 saturated heterocycles. The highest BCUT2D eigenvalue weighted by Gasteiger charge is 2.16. The van der Waals surface area contributed by atoms with Gasteiger partial charge in [-0.1, -0.05) is 23.2 Å². The van der Waals surface area contributed by atoms with Crippen molar-refractivity contribution in [1.82, 2.24) is 0 Å². The number of aromatic carboxylic acids is 1. The number of anilines is 1. The van der Waals surface area contributed by atoms with Crippen LogP contribution in [0.2, 0.25) is 10.0 Å². The molecule has 0 aromatic heterocycles. The number of carboxylic acid groups (broad SMARTS) is 1. The van der Waals surface area contributed by atoms with Crippen LogP contribution >= 0.6 is 23.2 Å². The fourth-order valence-electron chi connectivity index (χ4n) is 1.69. The van der Waals surface area contributed by atoms with Gasteiger partial charge in [0.15, 0.2) is 0 Å². The molecule has 1 amide bonds. The molecule has 2 aromatic carbocycles. The third-order valence-electron chi connectivity index (χ3n) is 2.66. The van der Waals surface area contributed by atoms with Crippen LogP contribution in [0.1, 0.15) is 20.7 Å². The SMILES string of the molecule is O=C(Nc1cc(Cl)ccc1C(=O)O)c1cc(Cl)ccc1O. The number of halogens is 2. The number of phenolic OH excluding ortho intramolecular Hbond substituents is 1. The van der Waals surface area contributed by atoms with Gasteiger partial charge in [0.1, 0.15) is 5.75 Å². The van der Waals surface area contributed by atoms with Crippen LogP contribution in [-0.4, -0.2) is 22.1 Å². The number of phenols is 1. The lowest BCUT2D eigenvalue weighted by Gasteiger charge is -2.10. The van der Waals surface area contributed by atoms with Crippen LogP contribution in [0.4, 0.5) is 5.69 Å². The third kappa shape index (κ3) is 3.45. The monoisotopic (exact) mass is 325 g/mol. The summed E-state index contributed by atoms with van der Waals surface area (Å²) in [5.74, 6) is -2.17.